The van der Waals surface area contributed by atoms with E-state index in [2.05, 4.69) is 0 Å². The fourth-order valence-corrected chi connectivity index (χ4v) is 2.43. The minimum absolute atomic E-state index is 0.190. The van der Waals surface area contributed by atoms with Gasteiger partial charge in [-0.05, 0) is 24.0 Å². The number of alkyl halides is 3. The van der Waals surface area contributed by atoms with Crippen LogP contribution in [0, 0.1) is 5.92 Å². The van der Waals surface area contributed by atoms with Crippen molar-refractivity contribution in [3.63, 3.8) is 0 Å². The summed E-state index contributed by atoms with van der Waals surface area (Å²) in [5, 5.41) is 10.9. The van der Waals surface area contributed by atoms with E-state index in [1.165, 1.54) is 0 Å². The second-order valence-corrected chi connectivity index (χ2v) is 4.63. The molecule has 0 saturated heterocycles. The molecule has 1 aliphatic carbocycles. The molecule has 4 nitrogen and oxygen atoms in total. The number of fused-ring (bicyclic) bond motifs is 1. The van der Waals surface area contributed by atoms with Crippen molar-refractivity contribution < 1.29 is 27.9 Å². The fourth-order valence-electron chi connectivity index (χ4n) is 2.43. The van der Waals surface area contributed by atoms with Gasteiger partial charge in [-0.15, -0.1) is 0 Å². The number of benzene rings is 1. The van der Waals surface area contributed by atoms with E-state index in [-0.39, 0.29) is 6.42 Å². The van der Waals surface area contributed by atoms with E-state index in [4.69, 9.17) is 5.11 Å². The van der Waals surface area contributed by atoms with E-state index >= 15 is 0 Å². The standard InChI is InChI=1S/C13H12F3NO3/c14-13(15,16)12(20)17-10-8-4-2-1-3-7(8)5-6-9(10)11(18)19/h1-4,9-10H,5-6H2,(H,17,20)(H,18,19)/t9-,10+/m1/s1. The third kappa shape index (κ3) is 2.76. The number of nitrogens with one attached hydrogen (secondary N) is 1. The van der Waals surface area contributed by atoms with Crippen LogP contribution in [0.15, 0.2) is 24.3 Å². The first-order valence-electron chi connectivity index (χ1n) is 5.99. The Kier molecular flexibility index (Phi) is 3.69. The van der Waals surface area contributed by atoms with Crippen LogP contribution in [0.3, 0.4) is 0 Å². The summed E-state index contributed by atoms with van der Waals surface area (Å²) in [4.78, 5) is 22.3. The lowest BCUT2D eigenvalue weighted by Gasteiger charge is -2.31. The van der Waals surface area contributed by atoms with E-state index in [0.29, 0.717) is 12.0 Å². The van der Waals surface area contributed by atoms with Gasteiger partial charge in [0.15, 0.2) is 0 Å². The first-order chi connectivity index (χ1) is 9.30. The maximum absolute atomic E-state index is 12.3. The molecule has 108 valence electrons. The van der Waals surface area contributed by atoms with Crippen LogP contribution in [0.2, 0.25) is 0 Å². The summed E-state index contributed by atoms with van der Waals surface area (Å²) in [7, 11) is 0. The number of hydrogen-bond acceptors (Lipinski definition) is 2. The highest BCUT2D eigenvalue weighted by molar-refractivity contribution is 5.83. The molecule has 0 saturated carbocycles. The molecule has 2 N–H and O–H groups in total. The molecule has 1 aliphatic rings. The Balaban J connectivity index is 2.34. The van der Waals surface area contributed by atoms with Gasteiger partial charge in [-0.2, -0.15) is 13.2 Å². The van der Waals surface area contributed by atoms with Gasteiger partial charge >= 0.3 is 18.1 Å². The molecular weight excluding hydrogens is 275 g/mol. The highest BCUT2D eigenvalue weighted by Crippen LogP contribution is 2.35. The van der Waals surface area contributed by atoms with Crippen LogP contribution < -0.4 is 5.32 Å². The van der Waals surface area contributed by atoms with Crippen LogP contribution in [-0.2, 0) is 16.0 Å². The lowest BCUT2D eigenvalue weighted by Crippen LogP contribution is -2.44. The number of rotatable bonds is 2. The van der Waals surface area contributed by atoms with Gasteiger partial charge < -0.3 is 10.4 Å². The average Bonchev–Trinajstić information content (AvgIpc) is 2.37. The normalized spacial score (nSPS) is 21.9. The third-order valence-electron chi connectivity index (χ3n) is 3.38. The zero-order valence-electron chi connectivity index (χ0n) is 10.3. The van der Waals surface area contributed by atoms with Crippen molar-refractivity contribution in [3.05, 3.63) is 35.4 Å². The van der Waals surface area contributed by atoms with Crippen molar-refractivity contribution >= 4 is 11.9 Å². The van der Waals surface area contributed by atoms with Crippen molar-refractivity contribution in [2.45, 2.75) is 25.1 Å². The van der Waals surface area contributed by atoms with Crippen LogP contribution in [0.4, 0.5) is 13.2 Å². The van der Waals surface area contributed by atoms with E-state index in [9.17, 15) is 22.8 Å². The summed E-state index contributed by atoms with van der Waals surface area (Å²) in [5.74, 6) is -4.39. The van der Waals surface area contributed by atoms with Crippen LogP contribution in [-0.4, -0.2) is 23.2 Å². The van der Waals surface area contributed by atoms with E-state index < -0.39 is 30.0 Å². The van der Waals surface area contributed by atoms with Gasteiger partial charge in [0.05, 0.1) is 12.0 Å². The molecule has 1 aromatic rings. The Hall–Kier alpha value is -2.05. The van der Waals surface area contributed by atoms with Crippen LogP contribution in [0.25, 0.3) is 0 Å². The molecule has 7 heteroatoms. The number of carboxylic acid groups (broad SMARTS) is 1. The first kappa shape index (κ1) is 14.4. The average molecular weight is 287 g/mol. The minimum atomic E-state index is -5.03. The SMILES string of the molecule is O=C(O)[C@@H]1CCc2ccccc2[C@@H]1NC(=O)C(F)(F)F. The Labute approximate surface area is 112 Å². The maximum Gasteiger partial charge on any atom is 0.471 e. The quantitative estimate of drug-likeness (QED) is 0.875. The van der Waals surface area contributed by atoms with Crippen molar-refractivity contribution in [1.29, 1.82) is 0 Å². The lowest BCUT2D eigenvalue weighted by atomic mass is 9.79. The van der Waals surface area contributed by atoms with Crippen LogP contribution in [0.1, 0.15) is 23.6 Å². The Bertz CT molecular complexity index is 542. The van der Waals surface area contributed by atoms with Gasteiger partial charge in [-0.3, -0.25) is 9.59 Å². The van der Waals surface area contributed by atoms with E-state index in [1.54, 1.807) is 29.6 Å². The molecular formula is C13H12F3NO3. The van der Waals surface area contributed by atoms with Gasteiger partial charge in [-0.25, -0.2) is 0 Å². The predicted octanol–water partition coefficient (Wildman–Crippen LogP) is 2.05. The van der Waals surface area contributed by atoms with E-state index in [0.717, 1.165) is 5.56 Å². The van der Waals surface area contributed by atoms with Crippen LogP contribution in [0.5, 0.6) is 0 Å². The Morgan fingerprint density at radius 1 is 1.25 bits per heavy atom. The molecule has 0 aromatic heterocycles. The monoisotopic (exact) mass is 287 g/mol. The topological polar surface area (TPSA) is 66.4 Å². The minimum Gasteiger partial charge on any atom is -0.481 e. The summed E-state index contributed by atoms with van der Waals surface area (Å²) in [6, 6.07) is 5.44. The van der Waals surface area contributed by atoms with E-state index in [1.807, 2.05) is 0 Å². The number of aliphatic carboxylic acids is 1. The smallest absolute Gasteiger partial charge is 0.471 e. The number of hydrogen-bond donors (Lipinski definition) is 2. The molecule has 0 radical (unpaired) electrons. The Morgan fingerprint density at radius 2 is 1.90 bits per heavy atom. The molecule has 0 aliphatic heterocycles. The zero-order valence-corrected chi connectivity index (χ0v) is 10.3. The molecule has 20 heavy (non-hydrogen) atoms. The summed E-state index contributed by atoms with van der Waals surface area (Å²) >= 11 is 0. The number of aryl methyl sites for hydroxylation is 1. The highest BCUT2D eigenvalue weighted by Gasteiger charge is 2.43. The lowest BCUT2D eigenvalue weighted by molar-refractivity contribution is -0.175. The molecule has 0 unspecified atom stereocenters. The molecule has 0 fully saturated rings. The van der Waals surface area contributed by atoms with Gasteiger partial charge in [0.1, 0.15) is 0 Å². The molecule has 1 aromatic carbocycles. The third-order valence-corrected chi connectivity index (χ3v) is 3.38. The highest BCUT2D eigenvalue weighted by atomic mass is 19.4. The fraction of sp³-hybridized carbons (Fsp3) is 0.385. The first-order valence-corrected chi connectivity index (χ1v) is 5.99. The summed E-state index contributed by atoms with van der Waals surface area (Å²) in [6.07, 6.45) is -4.38. The molecule has 2 rings (SSSR count). The van der Waals surface area contributed by atoms with Crippen molar-refractivity contribution in [1.82, 2.24) is 5.32 Å². The number of halogens is 3. The maximum atomic E-state index is 12.3. The van der Waals surface area contributed by atoms with Crippen molar-refractivity contribution in [2.75, 3.05) is 0 Å². The van der Waals surface area contributed by atoms with Crippen LogP contribution >= 0.6 is 0 Å². The second-order valence-electron chi connectivity index (χ2n) is 4.63. The van der Waals surface area contributed by atoms with Crippen molar-refractivity contribution in [3.8, 4) is 0 Å². The summed E-state index contributed by atoms with van der Waals surface area (Å²) < 4.78 is 37.0. The molecule has 1 amide bonds. The van der Waals surface area contributed by atoms with Gasteiger partial charge in [-0.1, -0.05) is 24.3 Å². The summed E-state index contributed by atoms with van der Waals surface area (Å²) in [5.41, 5.74) is 1.20. The van der Waals surface area contributed by atoms with Gasteiger partial charge in [0.2, 0.25) is 0 Å². The summed E-state index contributed by atoms with van der Waals surface area (Å²) in [6.45, 7) is 0. The zero-order chi connectivity index (χ0) is 14.9. The number of carbonyl (C=O) groups excluding carboxylic acids is 1. The molecule has 2 atom stereocenters. The Morgan fingerprint density at radius 3 is 2.50 bits per heavy atom. The molecule has 0 heterocycles. The molecule has 0 spiro atoms. The number of carbonyl (C=O) groups is 2. The van der Waals surface area contributed by atoms with Gasteiger partial charge in [0, 0.05) is 0 Å². The number of amides is 1. The predicted molar refractivity (Wildman–Crippen MR) is 62.8 cm³/mol. The largest absolute Gasteiger partial charge is 0.481 e. The van der Waals surface area contributed by atoms with Gasteiger partial charge in [0.25, 0.3) is 0 Å². The second kappa shape index (κ2) is 5.15. The van der Waals surface area contributed by atoms with Crippen molar-refractivity contribution in [2.24, 2.45) is 5.92 Å². The molecule has 0 bridgehead atoms. The number of carboxylic acids is 1.